The fourth-order valence-corrected chi connectivity index (χ4v) is 4.14. The molecule has 0 aliphatic carbocycles. The highest BCUT2D eigenvalue weighted by Crippen LogP contribution is 2.36. The molecule has 0 heterocycles. The molecule has 24 heavy (non-hydrogen) atoms. The monoisotopic (exact) mass is 361 g/mol. The molecule has 0 amide bonds. The quantitative estimate of drug-likeness (QED) is 0.748. The van der Waals surface area contributed by atoms with Crippen LogP contribution in [0.1, 0.15) is 0 Å². The van der Waals surface area contributed by atoms with E-state index in [-0.39, 0.29) is 10.6 Å². The number of rotatable bonds is 4. The Hall–Kier alpha value is -2.38. The van der Waals surface area contributed by atoms with Crippen LogP contribution < -0.4 is 4.72 Å². The topological polar surface area (TPSA) is 83.5 Å². The van der Waals surface area contributed by atoms with Crippen molar-refractivity contribution in [2.75, 3.05) is 11.0 Å². The van der Waals surface area contributed by atoms with Gasteiger partial charge >= 0.3 is 0 Å². The minimum absolute atomic E-state index is 0.119. The van der Waals surface area contributed by atoms with Crippen LogP contribution in [0.5, 0.6) is 5.75 Å². The van der Waals surface area contributed by atoms with Gasteiger partial charge in [-0.1, -0.05) is 36.4 Å². The Morgan fingerprint density at radius 3 is 2.29 bits per heavy atom. The van der Waals surface area contributed by atoms with E-state index in [0.29, 0.717) is 21.4 Å². The molecule has 3 aromatic carbocycles. The van der Waals surface area contributed by atoms with Crippen molar-refractivity contribution >= 4 is 37.3 Å². The number of hydrogen-bond acceptors (Lipinski definition) is 4. The number of phenols is 1. The molecule has 0 saturated heterocycles. The summed E-state index contributed by atoms with van der Waals surface area (Å²) in [6.07, 6.45) is 1.06. The summed E-state index contributed by atoms with van der Waals surface area (Å²) in [5.41, 5.74) is 0.363. The van der Waals surface area contributed by atoms with Crippen molar-refractivity contribution in [2.24, 2.45) is 0 Å². The molecule has 1 atom stereocenters. The number of aromatic hydroxyl groups is 1. The van der Waals surface area contributed by atoms with Gasteiger partial charge in [0.2, 0.25) is 10.0 Å². The molecule has 0 aromatic heterocycles. The molecule has 0 saturated carbocycles. The van der Waals surface area contributed by atoms with Crippen LogP contribution in [-0.4, -0.2) is 24.0 Å². The first-order valence-corrected chi connectivity index (χ1v) is 10.1. The summed E-state index contributed by atoms with van der Waals surface area (Å²) in [5, 5.41) is 11.5. The molecule has 3 rings (SSSR count). The highest BCUT2D eigenvalue weighted by atomic mass is 32.2. The van der Waals surface area contributed by atoms with E-state index in [0.717, 1.165) is 6.26 Å². The highest BCUT2D eigenvalue weighted by Gasteiger charge is 2.16. The van der Waals surface area contributed by atoms with Crippen LogP contribution in [-0.2, 0) is 20.8 Å². The summed E-state index contributed by atoms with van der Waals surface area (Å²) in [6, 6.07) is 16.9. The van der Waals surface area contributed by atoms with Gasteiger partial charge in [-0.15, -0.1) is 0 Å². The van der Waals surface area contributed by atoms with E-state index in [1.165, 1.54) is 0 Å². The van der Waals surface area contributed by atoms with Crippen LogP contribution in [0.4, 0.5) is 5.69 Å². The Bertz CT molecular complexity index is 1030. The average molecular weight is 361 g/mol. The fraction of sp³-hybridized carbons (Fsp3) is 0.0588. The predicted octanol–water partition coefficient (Wildman–Crippen LogP) is 3.08. The Labute approximate surface area is 142 Å². The van der Waals surface area contributed by atoms with E-state index in [1.54, 1.807) is 54.6 Å². The third-order valence-electron chi connectivity index (χ3n) is 3.45. The standard InChI is InChI=1S/C17H15NO4S2/c1-24(21,22)18-15-9-5-8-14-13(15)10-11-16(17(14)19)23(20)12-6-3-2-4-7-12/h2-11,18-19H,1H3. The van der Waals surface area contributed by atoms with Gasteiger partial charge in [-0.25, -0.2) is 12.6 Å². The molecular weight excluding hydrogens is 346 g/mol. The molecule has 5 nitrogen and oxygen atoms in total. The zero-order chi connectivity index (χ0) is 17.3. The van der Waals surface area contributed by atoms with E-state index < -0.39 is 20.8 Å². The largest absolute Gasteiger partial charge is 0.506 e. The molecule has 3 aromatic rings. The number of benzene rings is 3. The molecule has 1 unspecified atom stereocenters. The van der Waals surface area contributed by atoms with Gasteiger partial charge in [-0.2, -0.15) is 0 Å². The van der Waals surface area contributed by atoms with E-state index in [9.17, 15) is 17.7 Å². The second kappa shape index (κ2) is 6.26. The normalized spacial score (nSPS) is 12.9. The Morgan fingerprint density at radius 1 is 0.917 bits per heavy atom. The molecule has 2 N–H and O–H groups in total. The van der Waals surface area contributed by atoms with Crippen LogP contribution in [0.25, 0.3) is 10.8 Å². The second-order valence-electron chi connectivity index (χ2n) is 5.27. The van der Waals surface area contributed by atoms with Crippen molar-refractivity contribution in [3.05, 3.63) is 60.7 Å². The van der Waals surface area contributed by atoms with Gasteiger partial charge in [0.15, 0.2) is 0 Å². The number of fused-ring (bicyclic) bond motifs is 1. The van der Waals surface area contributed by atoms with Crippen LogP contribution in [0.2, 0.25) is 0 Å². The maximum absolute atomic E-state index is 12.7. The molecule has 0 bridgehead atoms. The zero-order valence-electron chi connectivity index (χ0n) is 12.8. The van der Waals surface area contributed by atoms with Crippen molar-refractivity contribution in [3.63, 3.8) is 0 Å². The van der Waals surface area contributed by atoms with Gasteiger partial charge in [0.05, 0.1) is 27.6 Å². The lowest BCUT2D eigenvalue weighted by Gasteiger charge is -2.12. The first kappa shape index (κ1) is 16.5. The molecule has 124 valence electrons. The third kappa shape index (κ3) is 3.27. The Morgan fingerprint density at radius 2 is 1.62 bits per heavy atom. The summed E-state index contributed by atoms with van der Waals surface area (Å²) in [5.74, 6) is -0.119. The van der Waals surface area contributed by atoms with Gasteiger partial charge in [-0.05, 0) is 24.3 Å². The van der Waals surface area contributed by atoms with Crippen LogP contribution in [0.15, 0.2) is 70.5 Å². The fourth-order valence-electron chi connectivity index (χ4n) is 2.43. The van der Waals surface area contributed by atoms with Gasteiger partial charge in [-0.3, -0.25) is 4.72 Å². The molecular formula is C17H15NO4S2. The summed E-state index contributed by atoms with van der Waals surface area (Å²) in [6.45, 7) is 0. The van der Waals surface area contributed by atoms with Gasteiger partial charge in [0.25, 0.3) is 0 Å². The third-order valence-corrected chi connectivity index (χ3v) is 5.47. The van der Waals surface area contributed by atoms with Gasteiger partial charge in [0.1, 0.15) is 5.75 Å². The smallest absolute Gasteiger partial charge is 0.229 e. The Balaban J connectivity index is 2.14. The van der Waals surface area contributed by atoms with Crippen LogP contribution in [0, 0.1) is 0 Å². The number of hydrogen-bond donors (Lipinski definition) is 2. The Kier molecular flexibility index (Phi) is 4.29. The van der Waals surface area contributed by atoms with Crippen molar-refractivity contribution in [1.29, 1.82) is 0 Å². The molecule has 0 fully saturated rings. The molecule has 0 spiro atoms. The second-order valence-corrected chi connectivity index (χ2v) is 8.47. The minimum atomic E-state index is -3.44. The van der Waals surface area contributed by atoms with Crippen molar-refractivity contribution in [3.8, 4) is 5.75 Å². The van der Waals surface area contributed by atoms with Crippen LogP contribution >= 0.6 is 0 Å². The van der Waals surface area contributed by atoms with E-state index in [2.05, 4.69) is 4.72 Å². The van der Waals surface area contributed by atoms with E-state index in [1.807, 2.05) is 6.07 Å². The lowest BCUT2D eigenvalue weighted by atomic mass is 10.1. The van der Waals surface area contributed by atoms with Crippen molar-refractivity contribution in [2.45, 2.75) is 9.79 Å². The first-order chi connectivity index (χ1) is 11.4. The molecule has 0 aliphatic rings. The predicted molar refractivity (Wildman–Crippen MR) is 95.2 cm³/mol. The lowest BCUT2D eigenvalue weighted by Crippen LogP contribution is -2.09. The number of phenolic OH excluding ortho intramolecular Hbond substituents is 1. The van der Waals surface area contributed by atoms with Crippen LogP contribution in [0.3, 0.4) is 0 Å². The van der Waals surface area contributed by atoms with E-state index in [4.69, 9.17) is 0 Å². The van der Waals surface area contributed by atoms with Crippen molar-refractivity contribution < 1.29 is 17.7 Å². The summed E-state index contributed by atoms with van der Waals surface area (Å²) >= 11 is 0. The van der Waals surface area contributed by atoms with E-state index >= 15 is 0 Å². The summed E-state index contributed by atoms with van der Waals surface area (Å²) in [4.78, 5) is 0.864. The number of nitrogens with one attached hydrogen (secondary N) is 1. The SMILES string of the molecule is CS(=O)(=O)Nc1cccc2c(O)c(S(=O)c3ccccc3)ccc12. The molecule has 0 aliphatic heterocycles. The van der Waals surface area contributed by atoms with Gasteiger partial charge in [0, 0.05) is 15.7 Å². The number of anilines is 1. The maximum Gasteiger partial charge on any atom is 0.229 e. The average Bonchev–Trinajstić information content (AvgIpc) is 2.55. The summed E-state index contributed by atoms with van der Waals surface area (Å²) < 4.78 is 38.0. The lowest BCUT2D eigenvalue weighted by molar-refractivity contribution is 0.468. The minimum Gasteiger partial charge on any atom is -0.506 e. The summed E-state index contributed by atoms with van der Waals surface area (Å²) in [7, 11) is -4.97. The van der Waals surface area contributed by atoms with Crippen molar-refractivity contribution in [1.82, 2.24) is 0 Å². The zero-order valence-corrected chi connectivity index (χ0v) is 14.4. The van der Waals surface area contributed by atoms with Gasteiger partial charge < -0.3 is 5.11 Å². The highest BCUT2D eigenvalue weighted by molar-refractivity contribution is 7.92. The molecule has 0 radical (unpaired) electrons. The molecule has 7 heteroatoms. The first-order valence-electron chi connectivity index (χ1n) is 7.06. The maximum atomic E-state index is 12.7. The number of sulfonamides is 1.